The van der Waals surface area contributed by atoms with Crippen molar-refractivity contribution in [3.8, 4) is 0 Å². The van der Waals surface area contributed by atoms with E-state index in [4.69, 9.17) is 22.2 Å². The van der Waals surface area contributed by atoms with Gasteiger partial charge in [-0.3, -0.25) is 0 Å². The highest BCUT2D eigenvalue weighted by Crippen LogP contribution is 2.31. The van der Waals surface area contributed by atoms with E-state index in [9.17, 15) is 0 Å². The summed E-state index contributed by atoms with van der Waals surface area (Å²) in [5.41, 5.74) is 0.401. The van der Waals surface area contributed by atoms with Crippen LogP contribution in [-0.2, 0) is 0 Å². The molecule has 0 N–H and O–H groups in total. The number of rotatable bonds is 3. The first-order valence-corrected chi connectivity index (χ1v) is 8.62. The molecule has 1 aromatic carbocycles. The molecule has 3 heteroatoms. The maximum atomic E-state index is 6.42. The van der Waals surface area contributed by atoms with Crippen LogP contribution in [0.2, 0.25) is 5.54 Å². The molecule has 0 amide bonds. The monoisotopic (exact) mass is 232 g/mol. The van der Waals surface area contributed by atoms with E-state index >= 15 is 0 Å². The first kappa shape index (κ1) is 11.1. The zero-order valence-corrected chi connectivity index (χ0v) is 10.4. The van der Waals surface area contributed by atoms with Crippen LogP contribution in [0.15, 0.2) is 30.3 Å². The first-order valence-electron chi connectivity index (χ1n) is 4.52. The van der Waals surface area contributed by atoms with Crippen molar-refractivity contribution in [3.63, 3.8) is 0 Å². The van der Waals surface area contributed by atoms with Gasteiger partial charge in [0.1, 0.15) is 0 Å². The molecule has 0 aliphatic heterocycles. The Morgan fingerprint density at radius 3 is 2.23 bits per heavy atom. The number of benzene rings is 1. The molecule has 0 nitrogen and oxygen atoms in total. The molecule has 72 valence electrons. The van der Waals surface area contributed by atoms with Crippen molar-refractivity contribution in [1.29, 1.82) is 0 Å². The molecule has 0 bridgehead atoms. The fraction of sp³-hybridized carbons (Fsp3) is 0.400. The van der Waals surface area contributed by atoms with Gasteiger partial charge in [-0.05, 0) is 10.7 Å². The molecule has 0 saturated carbocycles. The Bertz CT molecular complexity index is 259. The largest absolute Gasteiger partial charge is 0.283 e. The Hall–Kier alpha value is 0.0169. The van der Waals surface area contributed by atoms with E-state index in [2.05, 4.69) is 13.8 Å². The van der Waals surface area contributed by atoms with Crippen LogP contribution in [0.4, 0.5) is 0 Å². The highest BCUT2D eigenvalue weighted by atomic mass is 35.7. The lowest BCUT2D eigenvalue weighted by Gasteiger charge is -2.23. The summed E-state index contributed by atoms with van der Waals surface area (Å²) >= 11 is 12.8. The summed E-state index contributed by atoms with van der Waals surface area (Å²) in [4.78, 5) is 0. The number of hydrogen-bond acceptors (Lipinski definition) is 0. The maximum Gasteiger partial charge on any atom is 0.283 e. The molecule has 0 saturated heterocycles. The molecule has 1 rings (SSSR count). The van der Waals surface area contributed by atoms with Crippen molar-refractivity contribution in [1.82, 2.24) is 0 Å². The van der Waals surface area contributed by atoms with Gasteiger partial charge in [0.25, 0.3) is 6.69 Å². The normalized spacial score (nSPS) is 14.2. The van der Waals surface area contributed by atoms with Crippen molar-refractivity contribution >= 4 is 34.0 Å². The summed E-state index contributed by atoms with van der Waals surface area (Å²) in [6.07, 6.45) is 1.04. The van der Waals surface area contributed by atoms with Gasteiger partial charge in [0.2, 0.25) is 0 Å². The van der Waals surface area contributed by atoms with E-state index in [0.29, 0.717) is 5.54 Å². The van der Waals surface area contributed by atoms with Gasteiger partial charge in [-0.25, -0.2) is 0 Å². The van der Waals surface area contributed by atoms with E-state index < -0.39 is 6.69 Å². The van der Waals surface area contributed by atoms with Crippen LogP contribution in [0.3, 0.4) is 0 Å². The van der Waals surface area contributed by atoms with Crippen LogP contribution in [0.1, 0.15) is 20.3 Å². The molecule has 0 radical (unpaired) electrons. The van der Waals surface area contributed by atoms with Crippen molar-refractivity contribution in [2.75, 3.05) is 0 Å². The van der Waals surface area contributed by atoms with Gasteiger partial charge in [0.15, 0.2) is 0 Å². The molecular formula is C10H14Cl2Si. The molecule has 1 atom stereocenters. The van der Waals surface area contributed by atoms with E-state index in [1.54, 1.807) is 0 Å². The van der Waals surface area contributed by atoms with Crippen molar-refractivity contribution in [2.45, 2.75) is 25.8 Å². The molecular weight excluding hydrogens is 219 g/mol. The minimum atomic E-state index is -2.24. The average molecular weight is 233 g/mol. The van der Waals surface area contributed by atoms with Crippen LogP contribution >= 0.6 is 22.2 Å². The Kier molecular flexibility index (Phi) is 3.83. The Labute approximate surface area is 90.3 Å². The highest BCUT2D eigenvalue weighted by molar-refractivity contribution is 7.51. The predicted molar refractivity (Wildman–Crippen MR) is 63.3 cm³/mol. The zero-order chi connectivity index (χ0) is 9.90. The van der Waals surface area contributed by atoms with Crippen LogP contribution in [0, 0.1) is 0 Å². The van der Waals surface area contributed by atoms with E-state index in [1.807, 2.05) is 30.3 Å². The molecule has 0 spiro atoms. The topological polar surface area (TPSA) is 0 Å². The SMILES string of the molecule is CC[C@@H](C)[Si](Cl)(Cl)c1ccccc1. The summed E-state index contributed by atoms with van der Waals surface area (Å²) in [7, 11) is 0. The van der Waals surface area contributed by atoms with Crippen molar-refractivity contribution in [2.24, 2.45) is 0 Å². The van der Waals surface area contributed by atoms with Gasteiger partial charge >= 0.3 is 0 Å². The summed E-state index contributed by atoms with van der Waals surface area (Å²) in [5.74, 6) is 0. The van der Waals surface area contributed by atoms with E-state index in [-0.39, 0.29) is 0 Å². The van der Waals surface area contributed by atoms with Gasteiger partial charge < -0.3 is 0 Å². The molecule has 1 aromatic rings. The van der Waals surface area contributed by atoms with Crippen molar-refractivity contribution in [3.05, 3.63) is 30.3 Å². The minimum absolute atomic E-state index is 0.401. The van der Waals surface area contributed by atoms with Gasteiger partial charge in [0.05, 0.1) is 0 Å². The second-order valence-electron chi connectivity index (χ2n) is 3.30. The Balaban J connectivity index is 2.93. The third kappa shape index (κ3) is 2.49. The van der Waals surface area contributed by atoms with Crippen LogP contribution < -0.4 is 5.19 Å². The van der Waals surface area contributed by atoms with Crippen molar-refractivity contribution < 1.29 is 0 Å². The summed E-state index contributed by atoms with van der Waals surface area (Å²) < 4.78 is 0. The predicted octanol–water partition coefficient (Wildman–Crippen LogP) is 3.61. The third-order valence-corrected chi connectivity index (χ3v) is 8.68. The number of halogens is 2. The van der Waals surface area contributed by atoms with Crippen LogP contribution in [0.5, 0.6) is 0 Å². The summed E-state index contributed by atoms with van der Waals surface area (Å²) in [6.45, 7) is 2.01. The third-order valence-electron chi connectivity index (χ3n) is 2.39. The van der Waals surface area contributed by atoms with Gasteiger partial charge in [-0.1, -0.05) is 50.6 Å². The Morgan fingerprint density at radius 2 is 1.77 bits per heavy atom. The fourth-order valence-corrected chi connectivity index (χ4v) is 4.60. The second-order valence-corrected chi connectivity index (χ2v) is 10.3. The molecule has 0 fully saturated rings. The zero-order valence-electron chi connectivity index (χ0n) is 7.93. The molecule has 0 unspecified atom stereocenters. The van der Waals surface area contributed by atoms with E-state index in [0.717, 1.165) is 11.6 Å². The quantitative estimate of drug-likeness (QED) is 0.552. The summed E-state index contributed by atoms with van der Waals surface area (Å²) in [6, 6.07) is 10.0. The lowest BCUT2D eigenvalue weighted by molar-refractivity contribution is 0.866. The molecule has 0 heterocycles. The lowest BCUT2D eigenvalue weighted by atomic mass is 10.4. The van der Waals surface area contributed by atoms with E-state index in [1.165, 1.54) is 0 Å². The van der Waals surface area contributed by atoms with Crippen LogP contribution in [0.25, 0.3) is 0 Å². The maximum absolute atomic E-state index is 6.42. The van der Waals surface area contributed by atoms with Gasteiger partial charge in [-0.2, -0.15) is 0 Å². The van der Waals surface area contributed by atoms with Gasteiger partial charge in [-0.15, -0.1) is 22.2 Å². The first-order chi connectivity index (χ1) is 6.09. The second kappa shape index (κ2) is 4.49. The van der Waals surface area contributed by atoms with Crippen LogP contribution in [-0.4, -0.2) is 6.69 Å². The molecule has 13 heavy (non-hydrogen) atoms. The summed E-state index contributed by atoms with van der Waals surface area (Å²) in [5, 5.41) is 1.12. The highest BCUT2D eigenvalue weighted by Gasteiger charge is 2.36. The standard InChI is InChI=1S/C10H14Cl2Si/c1-3-9(2)13(11,12)10-7-5-4-6-8-10/h4-9H,3H2,1-2H3/t9-/m1/s1. The lowest BCUT2D eigenvalue weighted by Crippen LogP contribution is -2.40. The molecule has 0 aliphatic rings. The average Bonchev–Trinajstić information content (AvgIpc) is 2.18. The molecule has 0 aromatic heterocycles. The molecule has 0 aliphatic carbocycles. The minimum Gasteiger partial charge on any atom is -0.139 e. The fourth-order valence-electron chi connectivity index (χ4n) is 1.20. The number of hydrogen-bond donors (Lipinski definition) is 0. The van der Waals surface area contributed by atoms with Gasteiger partial charge in [0, 0.05) is 0 Å². The smallest absolute Gasteiger partial charge is 0.139 e. The Morgan fingerprint density at radius 1 is 1.23 bits per heavy atom.